The van der Waals surface area contributed by atoms with Crippen molar-refractivity contribution in [3.05, 3.63) is 23.8 Å². The molecule has 0 saturated carbocycles. The van der Waals surface area contributed by atoms with Gasteiger partial charge in [-0.15, -0.1) is 0 Å². The summed E-state index contributed by atoms with van der Waals surface area (Å²) in [6, 6.07) is 6.31. The molecular formula is C13H20N2O. The lowest BCUT2D eigenvalue weighted by Gasteiger charge is -2.22. The van der Waals surface area contributed by atoms with Crippen LogP contribution in [0, 0.1) is 6.92 Å². The second-order valence-electron chi connectivity index (χ2n) is 4.50. The van der Waals surface area contributed by atoms with Gasteiger partial charge in [0.05, 0.1) is 6.10 Å². The van der Waals surface area contributed by atoms with Gasteiger partial charge >= 0.3 is 0 Å². The highest BCUT2D eigenvalue weighted by Gasteiger charge is 2.22. The molecule has 1 heterocycles. The van der Waals surface area contributed by atoms with Crippen LogP contribution in [0.2, 0.25) is 0 Å². The Morgan fingerprint density at radius 3 is 3.00 bits per heavy atom. The van der Waals surface area contributed by atoms with E-state index >= 15 is 0 Å². The molecular weight excluding hydrogens is 200 g/mol. The van der Waals surface area contributed by atoms with Crippen LogP contribution in [0.1, 0.15) is 25.3 Å². The van der Waals surface area contributed by atoms with Gasteiger partial charge in [-0.25, -0.2) is 0 Å². The van der Waals surface area contributed by atoms with E-state index in [0.29, 0.717) is 12.1 Å². The van der Waals surface area contributed by atoms with E-state index in [-0.39, 0.29) is 0 Å². The van der Waals surface area contributed by atoms with Crippen LogP contribution in [0.3, 0.4) is 0 Å². The van der Waals surface area contributed by atoms with Crippen LogP contribution in [-0.4, -0.2) is 18.8 Å². The highest BCUT2D eigenvalue weighted by molar-refractivity contribution is 5.63. The van der Waals surface area contributed by atoms with Crippen LogP contribution in [0.5, 0.6) is 0 Å². The molecule has 1 aliphatic rings. The molecule has 1 saturated heterocycles. The standard InChI is InChI=1S/C13H20N2O/c1-9-11(14)5-3-6-12(9)15-10(2)13-7-4-8-16-13/h3,5-6,10,13,15H,4,7-8,14H2,1-2H3. The van der Waals surface area contributed by atoms with Crippen molar-refractivity contribution < 1.29 is 4.74 Å². The highest BCUT2D eigenvalue weighted by Crippen LogP contribution is 2.24. The lowest BCUT2D eigenvalue weighted by molar-refractivity contribution is 0.0996. The summed E-state index contributed by atoms with van der Waals surface area (Å²) in [5.41, 5.74) is 8.95. The maximum absolute atomic E-state index is 5.88. The van der Waals surface area contributed by atoms with Gasteiger partial charge in [-0.05, 0) is 44.4 Å². The smallest absolute Gasteiger partial charge is 0.0774 e. The molecule has 1 fully saturated rings. The topological polar surface area (TPSA) is 47.3 Å². The number of hydrogen-bond acceptors (Lipinski definition) is 3. The number of nitrogens with one attached hydrogen (secondary N) is 1. The second kappa shape index (κ2) is 4.74. The summed E-state index contributed by atoms with van der Waals surface area (Å²) in [7, 11) is 0. The third-order valence-electron chi connectivity index (χ3n) is 3.28. The van der Waals surface area contributed by atoms with Gasteiger partial charge in [-0.1, -0.05) is 6.07 Å². The molecule has 3 nitrogen and oxygen atoms in total. The molecule has 0 radical (unpaired) electrons. The fourth-order valence-corrected chi connectivity index (χ4v) is 2.14. The molecule has 1 aromatic rings. The fourth-order valence-electron chi connectivity index (χ4n) is 2.14. The van der Waals surface area contributed by atoms with Gasteiger partial charge in [-0.3, -0.25) is 0 Å². The molecule has 0 amide bonds. The van der Waals surface area contributed by atoms with Crippen molar-refractivity contribution in [1.82, 2.24) is 0 Å². The Morgan fingerprint density at radius 1 is 1.50 bits per heavy atom. The molecule has 2 unspecified atom stereocenters. The minimum absolute atomic E-state index is 0.334. The van der Waals surface area contributed by atoms with Crippen molar-refractivity contribution >= 4 is 11.4 Å². The average molecular weight is 220 g/mol. The first-order valence-electron chi connectivity index (χ1n) is 5.91. The fraction of sp³-hybridized carbons (Fsp3) is 0.538. The van der Waals surface area contributed by atoms with Gasteiger partial charge in [0.15, 0.2) is 0 Å². The molecule has 0 aromatic heterocycles. The van der Waals surface area contributed by atoms with Crippen LogP contribution >= 0.6 is 0 Å². The third kappa shape index (κ3) is 2.30. The predicted octanol–water partition coefficient (Wildman–Crippen LogP) is 2.56. The summed E-state index contributed by atoms with van der Waals surface area (Å²) < 4.78 is 5.66. The maximum atomic E-state index is 5.88. The molecule has 0 bridgehead atoms. The summed E-state index contributed by atoms with van der Waals surface area (Å²) in [6.07, 6.45) is 2.66. The van der Waals surface area contributed by atoms with Crippen LogP contribution < -0.4 is 11.1 Å². The van der Waals surface area contributed by atoms with Crippen molar-refractivity contribution in [2.45, 2.75) is 38.8 Å². The number of rotatable bonds is 3. The molecule has 88 valence electrons. The first-order valence-corrected chi connectivity index (χ1v) is 5.91. The molecule has 1 aliphatic heterocycles. The van der Waals surface area contributed by atoms with Crippen LogP contribution in [0.25, 0.3) is 0 Å². The van der Waals surface area contributed by atoms with E-state index in [2.05, 4.69) is 18.3 Å². The molecule has 3 heteroatoms. The largest absolute Gasteiger partial charge is 0.398 e. The lowest BCUT2D eigenvalue weighted by atomic mass is 10.1. The van der Waals surface area contributed by atoms with Gasteiger partial charge < -0.3 is 15.8 Å². The van der Waals surface area contributed by atoms with Crippen molar-refractivity contribution in [1.29, 1.82) is 0 Å². The molecule has 2 rings (SSSR count). The third-order valence-corrected chi connectivity index (χ3v) is 3.28. The van der Waals surface area contributed by atoms with E-state index < -0.39 is 0 Å². The number of nitrogens with two attached hydrogens (primary N) is 1. The predicted molar refractivity (Wildman–Crippen MR) is 67.7 cm³/mol. The zero-order chi connectivity index (χ0) is 11.5. The Hall–Kier alpha value is -1.22. The zero-order valence-corrected chi connectivity index (χ0v) is 9.99. The molecule has 0 spiro atoms. The van der Waals surface area contributed by atoms with Crippen molar-refractivity contribution in [3.8, 4) is 0 Å². The monoisotopic (exact) mass is 220 g/mol. The minimum Gasteiger partial charge on any atom is -0.398 e. The number of anilines is 2. The van der Waals surface area contributed by atoms with Crippen molar-refractivity contribution in [2.75, 3.05) is 17.7 Å². The molecule has 16 heavy (non-hydrogen) atoms. The summed E-state index contributed by atoms with van der Waals surface area (Å²) in [4.78, 5) is 0. The van der Waals surface area contributed by atoms with Crippen molar-refractivity contribution in [2.24, 2.45) is 0 Å². The van der Waals surface area contributed by atoms with Gasteiger partial charge in [0.2, 0.25) is 0 Å². The number of benzene rings is 1. The number of nitrogen functional groups attached to an aromatic ring is 1. The lowest BCUT2D eigenvalue weighted by Crippen LogP contribution is -2.30. The maximum Gasteiger partial charge on any atom is 0.0774 e. The van der Waals surface area contributed by atoms with Gasteiger partial charge in [-0.2, -0.15) is 0 Å². The molecule has 2 atom stereocenters. The second-order valence-corrected chi connectivity index (χ2v) is 4.50. The van der Waals surface area contributed by atoms with E-state index in [9.17, 15) is 0 Å². The number of hydrogen-bond donors (Lipinski definition) is 2. The highest BCUT2D eigenvalue weighted by atomic mass is 16.5. The van der Waals surface area contributed by atoms with Crippen LogP contribution in [-0.2, 0) is 4.74 Å². The quantitative estimate of drug-likeness (QED) is 0.770. The van der Waals surface area contributed by atoms with E-state index in [1.54, 1.807) is 0 Å². The zero-order valence-electron chi connectivity index (χ0n) is 9.99. The Kier molecular flexibility index (Phi) is 3.34. The average Bonchev–Trinajstić information content (AvgIpc) is 2.78. The van der Waals surface area contributed by atoms with E-state index in [0.717, 1.165) is 30.0 Å². The van der Waals surface area contributed by atoms with Crippen LogP contribution in [0.15, 0.2) is 18.2 Å². The SMILES string of the molecule is Cc1c(N)cccc1NC(C)C1CCCO1. The minimum atomic E-state index is 0.334. The molecule has 1 aromatic carbocycles. The Labute approximate surface area is 97.0 Å². The first-order chi connectivity index (χ1) is 7.68. The summed E-state index contributed by atoms with van der Waals surface area (Å²) >= 11 is 0. The molecule has 3 N–H and O–H groups in total. The summed E-state index contributed by atoms with van der Waals surface area (Å²) in [5, 5.41) is 3.49. The van der Waals surface area contributed by atoms with Gasteiger partial charge in [0.25, 0.3) is 0 Å². The Bertz CT molecular complexity index is 359. The normalized spacial score (nSPS) is 22.0. The van der Waals surface area contributed by atoms with Crippen molar-refractivity contribution in [3.63, 3.8) is 0 Å². The first kappa shape index (κ1) is 11.3. The summed E-state index contributed by atoms with van der Waals surface area (Å²) in [6.45, 7) is 5.10. The Morgan fingerprint density at radius 2 is 2.31 bits per heavy atom. The Balaban J connectivity index is 2.05. The summed E-state index contributed by atoms with van der Waals surface area (Å²) in [5.74, 6) is 0. The molecule has 0 aliphatic carbocycles. The van der Waals surface area contributed by atoms with E-state index in [4.69, 9.17) is 10.5 Å². The van der Waals surface area contributed by atoms with E-state index in [1.165, 1.54) is 6.42 Å². The van der Waals surface area contributed by atoms with Gasteiger partial charge in [0.1, 0.15) is 0 Å². The number of ether oxygens (including phenoxy) is 1. The van der Waals surface area contributed by atoms with E-state index in [1.807, 2.05) is 19.1 Å². The van der Waals surface area contributed by atoms with Gasteiger partial charge in [0, 0.05) is 24.0 Å². The van der Waals surface area contributed by atoms with Crippen LogP contribution in [0.4, 0.5) is 11.4 Å².